The summed E-state index contributed by atoms with van der Waals surface area (Å²) in [5.41, 5.74) is 0. The topological polar surface area (TPSA) is 237 Å². The molecule has 0 aromatic rings. The van der Waals surface area contributed by atoms with E-state index in [0.717, 1.165) is 128 Å². The summed E-state index contributed by atoms with van der Waals surface area (Å²) in [4.78, 5) is 72.9. The van der Waals surface area contributed by atoms with Gasteiger partial charge >= 0.3 is 39.5 Å². The second-order valence-electron chi connectivity index (χ2n) is 26.6. The lowest BCUT2D eigenvalue weighted by Gasteiger charge is -2.21. The van der Waals surface area contributed by atoms with Gasteiger partial charge in [0.25, 0.3) is 0 Å². The van der Waals surface area contributed by atoms with E-state index in [2.05, 4.69) is 101 Å². The highest BCUT2D eigenvalue weighted by atomic mass is 31.2. The van der Waals surface area contributed by atoms with Crippen LogP contribution in [0.2, 0.25) is 0 Å². The van der Waals surface area contributed by atoms with Crippen molar-refractivity contribution in [1.29, 1.82) is 0 Å². The van der Waals surface area contributed by atoms with Crippen molar-refractivity contribution < 1.29 is 80.2 Å². The molecule has 0 amide bonds. The van der Waals surface area contributed by atoms with E-state index >= 15 is 0 Å². The highest BCUT2D eigenvalue weighted by Crippen LogP contribution is 2.45. The van der Waals surface area contributed by atoms with E-state index in [4.69, 9.17) is 37.0 Å². The molecule has 0 saturated carbocycles. The summed E-state index contributed by atoms with van der Waals surface area (Å²) in [5.74, 6) is -2.23. The van der Waals surface area contributed by atoms with Crippen molar-refractivity contribution in [2.75, 3.05) is 39.6 Å². The highest BCUT2D eigenvalue weighted by molar-refractivity contribution is 7.47. The fraction of sp³-hybridized carbons (Fsp3) is 0.778. The average Bonchev–Trinajstić information content (AvgIpc) is 0.965. The number of carbonyl (C=O) groups is 4. The van der Waals surface area contributed by atoms with Gasteiger partial charge in [-0.25, -0.2) is 9.13 Å². The maximum absolute atomic E-state index is 13.1. The number of hydrogen-bond donors (Lipinski definition) is 3. The Balaban J connectivity index is 5.37. The number of esters is 4. The number of aliphatic hydroxyl groups excluding tert-OH is 1. The molecule has 17 nitrogen and oxygen atoms in total. The van der Waals surface area contributed by atoms with Crippen molar-refractivity contribution in [2.24, 2.45) is 0 Å². The number of allylic oxidation sites excluding steroid dienone is 14. The minimum absolute atomic E-state index is 0.0675. The smallest absolute Gasteiger partial charge is 0.462 e. The molecule has 580 valence electrons. The first-order chi connectivity index (χ1) is 48.7. The summed E-state index contributed by atoms with van der Waals surface area (Å²) < 4.78 is 68.5. The van der Waals surface area contributed by atoms with Crippen molar-refractivity contribution in [1.82, 2.24) is 0 Å². The van der Waals surface area contributed by atoms with E-state index in [1.54, 1.807) is 0 Å². The molecule has 0 aliphatic rings. The monoisotopic (exact) mass is 1450 g/mol. The number of phosphoric acid groups is 2. The largest absolute Gasteiger partial charge is 0.472 e. The Labute approximate surface area is 608 Å². The Morgan fingerprint density at radius 3 is 0.880 bits per heavy atom. The molecular formula is C81H144O17P2. The van der Waals surface area contributed by atoms with Crippen LogP contribution in [-0.4, -0.2) is 96.7 Å². The third-order valence-corrected chi connectivity index (χ3v) is 18.8. The van der Waals surface area contributed by atoms with Gasteiger partial charge in [0.2, 0.25) is 0 Å². The number of aliphatic hydroxyl groups is 1. The van der Waals surface area contributed by atoms with E-state index in [9.17, 15) is 43.2 Å². The second kappa shape index (κ2) is 73.5. The molecule has 5 atom stereocenters. The number of hydrogen-bond acceptors (Lipinski definition) is 15. The molecule has 0 aliphatic carbocycles. The van der Waals surface area contributed by atoms with Crippen LogP contribution in [-0.2, 0) is 65.4 Å². The zero-order valence-corrected chi connectivity index (χ0v) is 65.2. The fourth-order valence-corrected chi connectivity index (χ4v) is 12.4. The summed E-state index contributed by atoms with van der Waals surface area (Å²) in [6.45, 7) is 4.68. The number of rotatable bonds is 75. The molecule has 0 aromatic heterocycles. The van der Waals surface area contributed by atoms with Gasteiger partial charge in [-0.2, -0.15) is 0 Å². The Bertz CT molecular complexity index is 2230. The molecule has 0 fully saturated rings. The Kier molecular flexibility index (Phi) is 70.8. The van der Waals surface area contributed by atoms with Crippen LogP contribution >= 0.6 is 15.6 Å². The molecule has 0 heterocycles. The molecule has 3 N–H and O–H groups in total. The number of phosphoric ester groups is 2. The normalized spacial score (nSPS) is 14.3. The van der Waals surface area contributed by atoms with Crippen LogP contribution in [0.15, 0.2) is 85.1 Å². The first kappa shape index (κ1) is 96.2. The summed E-state index contributed by atoms with van der Waals surface area (Å²) in [7, 11) is -9.96. The van der Waals surface area contributed by atoms with E-state index < -0.39 is 97.5 Å². The summed E-state index contributed by atoms with van der Waals surface area (Å²) in [6.07, 6.45) is 75.7. The molecular weight excluding hydrogens is 1310 g/mol. The fourth-order valence-electron chi connectivity index (χ4n) is 10.8. The Morgan fingerprint density at radius 1 is 0.290 bits per heavy atom. The maximum atomic E-state index is 13.1. The van der Waals surface area contributed by atoms with Gasteiger partial charge in [0.05, 0.1) is 26.4 Å². The van der Waals surface area contributed by atoms with Crippen molar-refractivity contribution in [3.05, 3.63) is 85.1 Å². The predicted molar refractivity (Wildman–Crippen MR) is 409 cm³/mol. The lowest BCUT2D eigenvalue weighted by molar-refractivity contribution is -0.161. The standard InChI is InChI=1S/C81H144O17P2/c1-5-9-13-17-21-25-29-33-36-37-40-43-46-50-54-58-62-66-79(84)92-71-76(97-80(85)67-63-59-55-51-47-41-32-28-24-20-16-12-8-4)73-95-99(87,88)93-69-75(82)70-94-100(89,90)96-74-77(98-81(86)68-64-60-56-52-48-44-39-35-31-27-23-19-15-11-7-3)72-91-78(83)65-61-57-53-49-45-42-38-34-30-26-22-18-14-10-6-2/h9,13,16,20-21,25,28,32-33,36,40,43,50,54,75-77,82H,5-8,10-12,14-15,17-19,22-24,26-27,29-31,34-35,37-39,41-42,44-49,51-53,55-74H2,1-4H3,(H,87,88)(H,89,90)/b13-9-,20-16-,25-21-,32-28-,36-33-,43-40-,54-50-. The van der Waals surface area contributed by atoms with E-state index in [-0.39, 0.29) is 25.7 Å². The van der Waals surface area contributed by atoms with Crippen LogP contribution < -0.4 is 0 Å². The molecule has 5 unspecified atom stereocenters. The second-order valence-corrected chi connectivity index (χ2v) is 29.5. The van der Waals surface area contributed by atoms with Gasteiger partial charge in [-0.1, -0.05) is 318 Å². The van der Waals surface area contributed by atoms with E-state index in [0.29, 0.717) is 32.1 Å². The van der Waals surface area contributed by atoms with E-state index in [1.807, 2.05) is 12.2 Å². The lowest BCUT2D eigenvalue weighted by Crippen LogP contribution is -2.30. The van der Waals surface area contributed by atoms with Gasteiger partial charge in [0, 0.05) is 25.7 Å². The molecule has 0 spiro atoms. The number of unbranched alkanes of at least 4 members (excludes halogenated alkanes) is 35. The summed E-state index contributed by atoms with van der Waals surface area (Å²) >= 11 is 0. The van der Waals surface area contributed by atoms with Gasteiger partial charge in [-0.15, -0.1) is 0 Å². The molecule has 0 aliphatic heterocycles. The SMILES string of the molecule is CC/C=C\C/C=C\C/C=C\C/C=C\C/C=C\CCCC(=O)OCC(COP(=O)(O)OCC(O)COP(=O)(O)OCC(COC(=O)CCCCCCCCCCCCCCCCC)OC(=O)CCCCCCCCCCCCCCCCC)OC(=O)CCCCCCC/C=C\C/C=C\CCC. The Hall–Kier alpha value is -3.76. The molecule has 0 radical (unpaired) electrons. The van der Waals surface area contributed by atoms with Gasteiger partial charge in [0.1, 0.15) is 19.3 Å². The third-order valence-electron chi connectivity index (χ3n) is 16.9. The number of carbonyl (C=O) groups excluding carboxylic acids is 4. The van der Waals surface area contributed by atoms with Crippen molar-refractivity contribution in [2.45, 2.75) is 367 Å². The summed E-state index contributed by atoms with van der Waals surface area (Å²) in [6, 6.07) is 0. The zero-order chi connectivity index (χ0) is 73.2. The quantitative estimate of drug-likeness (QED) is 0.0169. The van der Waals surface area contributed by atoms with E-state index in [1.165, 1.54) is 135 Å². The van der Waals surface area contributed by atoms with Crippen LogP contribution in [0.1, 0.15) is 349 Å². The zero-order valence-electron chi connectivity index (χ0n) is 63.4. The van der Waals surface area contributed by atoms with Crippen LogP contribution in [0.5, 0.6) is 0 Å². The first-order valence-electron chi connectivity index (χ1n) is 39.8. The van der Waals surface area contributed by atoms with Crippen LogP contribution in [0.4, 0.5) is 0 Å². The first-order valence-corrected chi connectivity index (χ1v) is 42.8. The van der Waals surface area contributed by atoms with Crippen molar-refractivity contribution in [3.63, 3.8) is 0 Å². The summed E-state index contributed by atoms with van der Waals surface area (Å²) in [5, 5.41) is 10.6. The van der Waals surface area contributed by atoms with Gasteiger partial charge in [-0.05, 0) is 89.9 Å². The van der Waals surface area contributed by atoms with Crippen LogP contribution in [0.3, 0.4) is 0 Å². The van der Waals surface area contributed by atoms with Gasteiger partial charge in [-0.3, -0.25) is 37.3 Å². The maximum Gasteiger partial charge on any atom is 0.472 e. The average molecular weight is 1450 g/mol. The van der Waals surface area contributed by atoms with Crippen molar-refractivity contribution >= 4 is 39.5 Å². The van der Waals surface area contributed by atoms with Crippen LogP contribution in [0.25, 0.3) is 0 Å². The highest BCUT2D eigenvalue weighted by Gasteiger charge is 2.30. The predicted octanol–water partition coefficient (Wildman–Crippen LogP) is 23.0. The third kappa shape index (κ3) is 72.6. The molecule has 0 rings (SSSR count). The molecule has 100 heavy (non-hydrogen) atoms. The van der Waals surface area contributed by atoms with Crippen molar-refractivity contribution in [3.8, 4) is 0 Å². The molecule has 0 saturated heterocycles. The minimum Gasteiger partial charge on any atom is -0.462 e. The van der Waals surface area contributed by atoms with Crippen LogP contribution in [0, 0.1) is 0 Å². The van der Waals surface area contributed by atoms with Gasteiger partial charge < -0.3 is 33.8 Å². The molecule has 0 bridgehead atoms. The minimum atomic E-state index is -4.99. The molecule has 19 heteroatoms. The van der Waals surface area contributed by atoms with Gasteiger partial charge in [0.15, 0.2) is 12.2 Å². The number of ether oxygens (including phenoxy) is 4. The molecule has 0 aromatic carbocycles. The lowest BCUT2D eigenvalue weighted by atomic mass is 10.0. The Morgan fingerprint density at radius 2 is 0.550 bits per heavy atom.